The summed E-state index contributed by atoms with van der Waals surface area (Å²) < 4.78 is 5.38. The number of nitrogens with one attached hydrogen (secondary N) is 3. The minimum atomic E-state index is -0.578. The van der Waals surface area contributed by atoms with Crippen molar-refractivity contribution in [3.63, 3.8) is 0 Å². The molecule has 3 aromatic rings. The van der Waals surface area contributed by atoms with E-state index in [1.165, 1.54) is 12.1 Å². The number of amides is 2. The molecule has 40 heavy (non-hydrogen) atoms. The molecule has 0 unspecified atom stereocenters. The number of benzene rings is 3. The van der Waals surface area contributed by atoms with Crippen molar-refractivity contribution in [2.24, 2.45) is 0 Å². The van der Waals surface area contributed by atoms with Gasteiger partial charge in [0.15, 0.2) is 5.11 Å². The molecular weight excluding hydrogens is 530 g/mol. The minimum Gasteiger partial charge on any atom is -0.378 e. The van der Waals surface area contributed by atoms with Gasteiger partial charge in [-0.3, -0.25) is 25.0 Å². The lowest BCUT2D eigenvalue weighted by Gasteiger charge is -2.30. The standard InChI is InChI=1S/C29H31N5O5S/c1-29(2,3)20-9-7-19(8-10-20)26(35)30-21-5-4-6-22(17-21)31-28(40)32-27(36)24-18-23(34(37)38)11-12-25(24)33-13-15-39-16-14-33/h4-12,17-18H,13-16H2,1-3H3,(H,30,35)(H2,31,32,36,40). The van der Waals surface area contributed by atoms with Crippen molar-refractivity contribution < 1.29 is 19.2 Å². The van der Waals surface area contributed by atoms with Gasteiger partial charge in [0.05, 0.1) is 29.4 Å². The lowest BCUT2D eigenvalue weighted by molar-refractivity contribution is -0.384. The molecule has 11 heteroatoms. The lowest BCUT2D eigenvalue weighted by Crippen LogP contribution is -2.39. The van der Waals surface area contributed by atoms with Gasteiger partial charge in [0, 0.05) is 42.2 Å². The number of nitrogens with zero attached hydrogens (tertiary/aromatic N) is 2. The van der Waals surface area contributed by atoms with E-state index < -0.39 is 10.8 Å². The van der Waals surface area contributed by atoms with Gasteiger partial charge in [0.1, 0.15) is 0 Å². The molecule has 1 aliphatic heterocycles. The topological polar surface area (TPSA) is 126 Å². The summed E-state index contributed by atoms with van der Waals surface area (Å²) in [5.74, 6) is -0.833. The van der Waals surface area contributed by atoms with Crippen molar-refractivity contribution in [1.29, 1.82) is 0 Å². The van der Waals surface area contributed by atoms with Crippen LogP contribution in [0.5, 0.6) is 0 Å². The number of carbonyl (C=O) groups excluding carboxylic acids is 2. The number of nitro groups is 1. The van der Waals surface area contributed by atoms with E-state index in [1.54, 1.807) is 42.5 Å². The van der Waals surface area contributed by atoms with Crippen molar-refractivity contribution in [1.82, 2.24) is 5.32 Å². The van der Waals surface area contributed by atoms with Crippen LogP contribution < -0.4 is 20.9 Å². The first-order valence-electron chi connectivity index (χ1n) is 12.8. The van der Waals surface area contributed by atoms with Gasteiger partial charge in [-0.25, -0.2) is 0 Å². The maximum atomic E-state index is 13.2. The van der Waals surface area contributed by atoms with E-state index in [-0.39, 0.29) is 27.7 Å². The number of non-ortho nitro benzene ring substituents is 1. The summed E-state index contributed by atoms with van der Waals surface area (Å²) in [5.41, 5.74) is 3.24. The second-order valence-electron chi connectivity index (χ2n) is 10.3. The third kappa shape index (κ3) is 7.19. The van der Waals surface area contributed by atoms with E-state index in [0.717, 1.165) is 5.56 Å². The van der Waals surface area contributed by atoms with Crippen molar-refractivity contribution in [3.05, 3.63) is 93.5 Å². The van der Waals surface area contributed by atoms with Gasteiger partial charge in [-0.05, 0) is 59.6 Å². The van der Waals surface area contributed by atoms with Crippen LogP contribution in [0.15, 0.2) is 66.7 Å². The third-order valence-electron chi connectivity index (χ3n) is 6.41. The van der Waals surface area contributed by atoms with Crippen LogP contribution in [0.3, 0.4) is 0 Å². The third-order valence-corrected chi connectivity index (χ3v) is 6.61. The normalized spacial score (nSPS) is 13.3. The first kappa shape index (κ1) is 28.7. The number of ether oxygens (including phenoxy) is 1. The second-order valence-corrected chi connectivity index (χ2v) is 10.7. The van der Waals surface area contributed by atoms with Gasteiger partial charge in [-0.1, -0.05) is 39.0 Å². The van der Waals surface area contributed by atoms with E-state index in [0.29, 0.717) is 48.9 Å². The van der Waals surface area contributed by atoms with Crippen LogP contribution >= 0.6 is 12.2 Å². The summed E-state index contributed by atoms with van der Waals surface area (Å²) in [5, 5.41) is 19.8. The smallest absolute Gasteiger partial charge is 0.270 e. The molecule has 2 amide bonds. The number of hydrogen-bond donors (Lipinski definition) is 3. The van der Waals surface area contributed by atoms with Crippen LogP contribution in [0.1, 0.15) is 47.1 Å². The van der Waals surface area contributed by atoms with Gasteiger partial charge in [0.2, 0.25) is 0 Å². The molecule has 1 heterocycles. The Hall–Kier alpha value is -4.35. The summed E-state index contributed by atoms with van der Waals surface area (Å²) in [4.78, 5) is 38.7. The predicted octanol–water partition coefficient (Wildman–Crippen LogP) is 5.11. The Bertz CT molecular complexity index is 1430. The fourth-order valence-corrected chi connectivity index (χ4v) is 4.44. The Kier molecular flexibility index (Phi) is 8.76. The molecule has 3 aromatic carbocycles. The van der Waals surface area contributed by atoms with E-state index in [1.807, 2.05) is 17.0 Å². The molecule has 0 aromatic heterocycles. The molecule has 1 saturated heterocycles. The molecule has 1 aliphatic rings. The maximum absolute atomic E-state index is 13.2. The highest BCUT2D eigenvalue weighted by Crippen LogP contribution is 2.27. The molecule has 1 fully saturated rings. The monoisotopic (exact) mass is 561 g/mol. The van der Waals surface area contributed by atoms with Crippen molar-refractivity contribution in [2.45, 2.75) is 26.2 Å². The highest BCUT2D eigenvalue weighted by Gasteiger charge is 2.23. The molecular formula is C29H31N5O5S. The Balaban J connectivity index is 1.43. The number of nitro benzene ring substituents is 1. The van der Waals surface area contributed by atoms with Crippen LogP contribution in [0.25, 0.3) is 0 Å². The van der Waals surface area contributed by atoms with E-state index in [2.05, 4.69) is 36.7 Å². The number of hydrogen-bond acceptors (Lipinski definition) is 7. The van der Waals surface area contributed by atoms with E-state index >= 15 is 0 Å². The molecule has 10 nitrogen and oxygen atoms in total. The van der Waals surface area contributed by atoms with Gasteiger partial charge >= 0.3 is 0 Å². The number of morpholine rings is 1. The van der Waals surface area contributed by atoms with Gasteiger partial charge < -0.3 is 20.3 Å². The summed E-state index contributed by atoms with van der Waals surface area (Å²) in [6.07, 6.45) is 0. The maximum Gasteiger partial charge on any atom is 0.270 e. The number of rotatable bonds is 6. The summed E-state index contributed by atoms with van der Waals surface area (Å²) in [6.45, 7) is 8.43. The van der Waals surface area contributed by atoms with Gasteiger partial charge in [0.25, 0.3) is 17.5 Å². The van der Waals surface area contributed by atoms with Crippen LogP contribution in [-0.4, -0.2) is 48.2 Å². The molecule has 0 spiro atoms. The lowest BCUT2D eigenvalue weighted by atomic mass is 9.87. The quantitative estimate of drug-likeness (QED) is 0.215. The number of anilines is 3. The average molecular weight is 562 g/mol. The second kappa shape index (κ2) is 12.2. The fraction of sp³-hybridized carbons (Fsp3) is 0.276. The van der Waals surface area contributed by atoms with Crippen LogP contribution in [0.4, 0.5) is 22.7 Å². The largest absolute Gasteiger partial charge is 0.378 e. The van der Waals surface area contributed by atoms with E-state index in [4.69, 9.17) is 17.0 Å². The zero-order valence-corrected chi connectivity index (χ0v) is 23.3. The highest BCUT2D eigenvalue weighted by atomic mass is 32.1. The Morgan fingerprint density at radius 3 is 2.20 bits per heavy atom. The molecule has 0 bridgehead atoms. The van der Waals surface area contributed by atoms with Crippen molar-refractivity contribution in [3.8, 4) is 0 Å². The van der Waals surface area contributed by atoms with Crippen LogP contribution in [0.2, 0.25) is 0 Å². The highest BCUT2D eigenvalue weighted by molar-refractivity contribution is 7.80. The van der Waals surface area contributed by atoms with Gasteiger partial charge in [-0.2, -0.15) is 0 Å². The molecule has 4 rings (SSSR count). The number of thiocarbonyl (C=S) groups is 1. The van der Waals surface area contributed by atoms with Gasteiger partial charge in [-0.15, -0.1) is 0 Å². The molecule has 0 atom stereocenters. The summed E-state index contributed by atoms with van der Waals surface area (Å²) in [6, 6.07) is 18.6. The summed E-state index contributed by atoms with van der Waals surface area (Å²) in [7, 11) is 0. The zero-order chi connectivity index (χ0) is 28.9. The fourth-order valence-electron chi connectivity index (χ4n) is 4.23. The molecule has 208 valence electrons. The molecule has 0 aliphatic carbocycles. The first-order valence-corrected chi connectivity index (χ1v) is 13.2. The Morgan fingerprint density at radius 2 is 1.57 bits per heavy atom. The Morgan fingerprint density at radius 1 is 0.925 bits per heavy atom. The minimum absolute atomic E-state index is 0.00526. The van der Waals surface area contributed by atoms with Crippen molar-refractivity contribution in [2.75, 3.05) is 41.8 Å². The average Bonchev–Trinajstić information content (AvgIpc) is 2.93. The Labute approximate surface area is 237 Å². The molecule has 0 saturated carbocycles. The van der Waals surface area contributed by atoms with Crippen LogP contribution in [0, 0.1) is 10.1 Å². The van der Waals surface area contributed by atoms with E-state index in [9.17, 15) is 19.7 Å². The predicted molar refractivity (Wildman–Crippen MR) is 159 cm³/mol. The SMILES string of the molecule is CC(C)(C)c1ccc(C(=O)Nc2cccc(NC(=S)NC(=O)c3cc([N+](=O)[O-])ccc3N3CCOCC3)c2)cc1. The molecule has 3 N–H and O–H groups in total. The number of carbonyl (C=O) groups is 2. The first-order chi connectivity index (χ1) is 19.0. The summed E-state index contributed by atoms with van der Waals surface area (Å²) >= 11 is 5.35. The molecule has 0 radical (unpaired) electrons. The van der Waals surface area contributed by atoms with Crippen LogP contribution in [-0.2, 0) is 10.2 Å². The zero-order valence-electron chi connectivity index (χ0n) is 22.5. The van der Waals surface area contributed by atoms with Crippen molar-refractivity contribution >= 4 is 51.9 Å².